The SMILES string of the molecule is O=S(=O)(N1CCCCC1)N1CCCN(CCCc2cccnc2)CC1. The van der Waals surface area contributed by atoms with Gasteiger partial charge in [-0.15, -0.1) is 0 Å². The quantitative estimate of drug-likeness (QED) is 0.770. The molecule has 7 heteroatoms. The molecule has 0 radical (unpaired) electrons. The van der Waals surface area contributed by atoms with Gasteiger partial charge in [0.05, 0.1) is 0 Å². The maximum Gasteiger partial charge on any atom is 0.282 e. The van der Waals surface area contributed by atoms with Crippen LogP contribution in [0.1, 0.15) is 37.7 Å². The van der Waals surface area contributed by atoms with Crippen LogP contribution in [0.15, 0.2) is 24.5 Å². The van der Waals surface area contributed by atoms with Crippen molar-refractivity contribution in [2.75, 3.05) is 45.8 Å². The van der Waals surface area contributed by atoms with Crippen LogP contribution in [0.25, 0.3) is 0 Å². The number of pyridine rings is 1. The summed E-state index contributed by atoms with van der Waals surface area (Å²) in [7, 11) is -3.26. The molecule has 2 fully saturated rings. The second-order valence-corrected chi connectivity index (χ2v) is 8.96. The monoisotopic (exact) mass is 366 g/mol. The van der Waals surface area contributed by atoms with Crippen LogP contribution in [-0.4, -0.2) is 72.7 Å². The summed E-state index contributed by atoms with van der Waals surface area (Å²) < 4.78 is 29.0. The molecule has 25 heavy (non-hydrogen) atoms. The molecule has 3 heterocycles. The molecule has 1 aromatic rings. The normalized spacial score (nSPS) is 21.9. The summed E-state index contributed by atoms with van der Waals surface area (Å²) >= 11 is 0. The van der Waals surface area contributed by atoms with E-state index in [0.717, 1.165) is 58.2 Å². The molecular formula is C18H30N4O2S. The van der Waals surface area contributed by atoms with Crippen molar-refractivity contribution in [3.8, 4) is 0 Å². The number of hydrogen-bond donors (Lipinski definition) is 0. The molecule has 2 aliphatic heterocycles. The van der Waals surface area contributed by atoms with Gasteiger partial charge in [-0.25, -0.2) is 0 Å². The van der Waals surface area contributed by atoms with Crippen LogP contribution >= 0.6 is 0 Å². The van der Waals surface area contributed by atoms with Gasteiger partial charge in [-0.3, -0.25) is 4.98 Å². The van der Waals surface area contributed by atoms with Gasteiger partial charge in [-0.1, -0.05) is 12.5 Å². The standard InChI is InChI=1S/C18H30N4O2S/c23-25(24,21-12-2-1-3-13-21)22-14-6-11-20(15-16-22)10-5-8-18-7-4-9-19-17-18/h4,7,9,17H,1-3,5-6,8,10-16H2. The molecule has 0 unspecified atom stereocenters. The third kappa shape index (κ3) is 5.23. The van der Waals surface area contributed by atoms with Gasteiger partial charge in [0, 0.05) is 45.1 Å². The van der Waals surface area contributed by atoms with Crippen LogP contribution in [0.2, 0.25) is 0 Å². The summed E-state index contributed by atoms with van der Waals surface area (Å²) in [6.45, 7) is 5.48. The zero-order valence-corrected chi connectivity index (χ0v) is 15.8. The molecule has 1 aromatic heterocycles. The molecule has 140 valence electrons. The minimum Gasteiger partial charge on any atom is -0.302 e. The number of aromatic nitrogens is 1. The van der Waals surface area contributed by atoms with Crippen molar-refractivity contribution in [2.45, 2.75) is 38.5 Å². The lowest BCUT2D eigenvalue weighted by Gasteiger charge is -2.31. The molecule has 2 aliphatic rings. The van der Waals surface area contributed by atoms with Crippen molar-refractivity contribution in [3.05, 3.63) is 30.1 Å². The van der Waals surface area contributed by atoms with Crippen molar-refractivity contribution < 1.29 is 8.42 Å². The number of nitrogens with zero attached hydrogens (tertiary/aromatic N) is 4. The first kappa shape index (κ1) is 18.8. The van der Waals surface area contributed by atoms with Gasteiger partial charge in [0.25, 0.3) is 10.2 Å². The van der Waals surface area contributed by atoms with E-state index in [2.05, 4.69) is 16.0 Å². The smallest absolute Gasteiger partial charge is 0.282 e. The zero-order valence-electron chi connectivity index (χ0n) is 15.0. The lowest BCUT2D eigenvalue weighted by molar-refractivity contribution is 0.276. The highest BCUT2D eigenvalue weighted by atomic mass is 32.2. The predicted molar refractivity (Wildman–Crippen MR) is 99.5 cm³/mol. The zero-order chi connectivity index (χ0) is 17.5. The van der Waals surface area contributed by atoms with Crippen LogP contribution in [0.4, 0.5) is 0 Å². The van der Waals surface area contributed by atoms with E-state index in [1.54, 1.807) is 14.8 Å². The Hall–Kier alpha value is -1.02. The van der Waals surface area contributed by atoms with E-state index in [9.17, 15) is 8.42 Å². The van der Waals surface area contributed by atoms with Gasteiger partial charge >= 0.3 is 0 Å². The van der Waals surface area contributed by atoms with E-state index >= 15 is 0 Å². The van der Waals surface area contributed by atoms with Crippen molar-refractivity contribution in [1.82, 2.24) is 18.5 Å². The Morgan fingerprint density at radius 1 is 0.920 bits per heavy atom. The maximum absolute atomic E-state index is 12.8. The fourth-order valence-corrected chi connectivity index (χ4v) is 5.43. The molecule has 3 rings (SSSR count). The Morgan fingerprint density at radius 3 is 2.44 bits per heavy atom. The topological polar surface area (TPSA) is 56.8 Å². The second kappa shape index (κ2) is 9.07. The number of aryl methyl sites for hydroxylation is 1. The summed E-state index contributed by atoms with van der Waals surface area (Å²) in [4.78, 5) is 6.56. The third-order valence-corrected chi connectivity index (χ3v) is 7.21. The van der Waals surface area contributed by atoms with Crippen LogP contribution in [-0.2, 0) is 16.6 Å². The lowest BCUT2D eigenvalue weighted by atomic mass is 10.1. The first-order chi connectivity index (χ1) is 12.2. The Bertz CT molecular complexity index is 617. The first-order valence-corrected chi connectivity index (χ1v) is 10.9. The van der Waals surface area contributed by atoms with Crippen molar-refractivity contribution in [3.63, 3.8) is 0 Å². The molecule has 0 amide bonds. The Labute approximate surface area is 152 Å². The summed E-state index contributed by atoms with van der Waals surface area (Å²) in [5.74, 6) is 0. The van der Waals surface area contributed by atoms with Gasteiger partial charge < -0.3 is 4.90 Å². The molecule has 0 spiro atoms. The average Bonchev–Trinajstić information content (AvgIpc) is 2.90. The van der Waals surface area contributed by atoms with Crippen LogP contribution in [0, 0.1) is 0 Å². The van der Waals surface area contributed by atoms with Crippen molar-refractivity contribution >= 4 is 10.2 Å². The summed E-state index contributed by atoms with van der Waals surface area (Å²) in [5, 5.41) is 0. The molecule has 6 nitrogen and oxygen atoms in total. The Morgan fingerprint density at radius 2 is 1.68 bits per heavy atom. The summed E-state index contributed by atoms with van der Waals surface area (Å²) in [6.07, 6.45) is 9.90. The molecule has 0 N–H and O–H groups in total. The highest BCUT2D eigenvalue weighted by Gasteiger charge is 2.31. The van der Waals surface area contributed by atoms with E-state index in [0.29, 0.717) is 26.2 Å². The molecule has 0 aliphatic carbocycles. The highest BCUT2D eigenvalue weighted by molar-refractivity contribution is 7.86. The molecular weight excluding hydrogens is 336 g/mol. The molecule has 0 saturated carbocycles. The largest absolute Gasteiger partial charge is 0.302 e. The second-order valence-electron chi connectivity index (χ2n) is 7.03. The highest BCUT2D eigenvalue weighted by Crippen LogP contribution is 2.18. The Kier molecular flexibility index (Phi) is 6.81. The number of rotatable bonds is 6. The van der Waals surface area contributed by atoms with Crippen molar-refractivity contribution in [1.29, 1.82) is 0 Å². The lowest BCUT2D eigenvalue weighted by Crippen LogP contribution is -2.47. The van der Waals surface area contributed by atoms with Crippen LogP contribution in [0.5, 0.6) is 0 Å². The summed E-state index contributed by atoms with van der Waals surface area (Å²) in [6, 6.07) is 4.09. The molecule has 2 saturated heterocycles. The minimum atomic E-state index is -3.26. The molecule has 0 atom stereocenters. The molecule has 0 aromatic carbocycles. The van der Waals surface area contributed by atoms with Gasteiger partial charge in [0.2, 0.25) is 0 Å². The average molecular weight is 367 g/mol. The van der Waals surface area contributed by atoms with E-state index in [1.807, 2.05) is 12.3 Å². The predicted octanol–water partition coefficient (Wildman–Crippen LogP) is 1.75. The van der Waals surface area contributed by atoms with Crippen molar-refractivity contribution in [2.24, 2.45) is 0 Å². The van der Waals surface area contributed by atoms with Gasteiger partial charge in [0.1, 0.15) is 0 Å². The van der Waals surface area contributed by atoms with E-state index in [1.165, 1.54) is 5.56 Å². The minimum absolute atomic E-state index is 0.617. The third-order valence-electron chi connectivity index (χ3n) is 5.18. The van der Waals surface area contributed by atoms with Crippen LogP contribution < -0.4 is 0 Å². The van der Waals surface area contributed by atoms with E-state index < -0.39 is 10.2 Å². The first-order valence-electron chi connectivity index (χ1n) is 9.53. The number of piperidine rings is 1. The van der Waals surface area contributed by atoms with Gasteiger partial charge in [-0.2, -0.15) is 17.0 Å². The van der Waals surface area contributed by atoms with E-state index in [4.69, 9.17) is 0 Å². The number of hydrogen-bond acceptors (Lipinski definition) is 4. The summed E-state index contributed by atoms with van der Waals surface area (Å²) in [5.41, 5.74) is 1.27. The fraction of sp³-hybridized carbons (Fsp3) is 0.722. The van der Waals surface area contributed by atoms with Crippen LogP contribution in [0.3, 0.4) is 0 Å². The maximum atomic E-state index is 12.8. The van der Waals surface area contributed by atoms with Gasteiger partial charge in [-0.05, 0) is 56.8 Å². The van der Waals surface area contributed by atoms with Gasteiger partial charge in [0.15, 0.2) is 0 Å². The fourth-order valence-electron chi connectivity index (χ4n) is 3.71. The molecule has 0 bridgehead atoms. The van der Waals surface area contributed by atoms with E-state index in [-0.39, 0.29) is 0 Å². The Balaban J connectivity index is 1.46.